The Hall–Kier alpha value is -2.25. The first-order valence-corrected chi connectivity index (χ1v) is 19.2. The van der Waals surface area contributed by atoms with Gasteiger partial charge in [0.05, 0.1) is 23.3 Å². The smallest absolute Gasteiger partial charge is 0.0816 e. The van der Waals surface area contributed by atoms with Gasteiger partial charge in [-0.3, -0.25) is 4.99 Å². The molecule has 2 nitrogen and oxygen atoms in total. The summed E-state index contributed by atoms with van der Waals surface area (Å²) in [6.07, 6.45) is 40.4. The number of aliphatic imine (C=N–C) groups is 2. The maximum Gasteiger partial charge on any atom is 0.0816 e. The van der Waals surface area contributed by atoms with E-state index in [1.54, 1.807) is 0 Å². The van der Waals surface area contributed by atoms with Crippen LogP contribution in [0.25, 0.3) is 0 Å². The van der Waals surface area contributed by atoms with E-state index < -0.39 is 0 Å². The molecule has 2 aromatic carbocycles. The van der Waals surface area contributed by atoms with Crippen LogP contribution in [-0.2, 0) is 22.9 Å². The predicted molar refractivity (Wildman–Crippen MR) is 208 cm³/mol. The van der Waals surface area contributed by atoms with E-state index in [0.717, 1.165) is 42.8 Å². The summed E-state index contributed by atoms with van der Waals surface area (Å²) >= 11 is 0. The summed E-state index contributed by atoms with van der Waals surface area (Å²) < 4.78 is 0. The molecule has 264 valence electrons. The Labute approximate surface area is 301 Å². The second-order valence-electron chi connectivity index (χ2n) is 13.4. The van der Waals surface area contributed by atoms with Crippen molar-refractivity contribution in [3.63, 3.8) is 0 Å². The molecule has 0 fully saturated rings. The van der Waals surface area contributed by atoms with E-state index in [9.17, 15) is 0 Å². The van der Waals surface area contributed by atoms with Gasteiger partial charge in [0.1, 0.15) is 0 Å². The largest absolute Gasteiger partial charge is 0.255 e. The summed E-state index contributed by atoms with van der Waals surface area (Å²) in [5, 5.41) is 0. The van der Waals surface area contributed by atoms with Gasteiger partial charge in [0.2, 0.25) is 0 Å². The number of hydrogen-bond acceptors (Lipinski definition) is 2. The molecule has 0 amide bonds. The van der Waals surface area contributed by atoms with Gasteiger partial charge in [-0.15, -0.1) is 0 Å². The summed E-state index contributed by atoms with van der Waals surface area (Å²) in [5.41, 5.74) is 6.77. The SMILES string of the molecule is CCCC=CCCCc1ccccc1N=C(C=CCCCCCCCCCCCCCCCCCC)C=Nc1cc(C)cc(C)c1.[Ni]. The zero-order valence-corrected chi connectivity index (χ0v) is 31.7. The maximum atomic E-state index is 5.12. The molecule has 0 aromatic heterocycles. The topological polar surface area (TPSA) is 24.7 Å². The number of allylic oxidation sites excluding steroid dienone is 4. The van der Waals surface area contributed by atoms with Crippen LogP contribution < -0.4 is 0 Å². The first-order valence-electron chi connectivity index (χ1n) is 19.2. The van der Waals surface area contributed by atoms with E-state index >= 15 is 0 Å². The summed E-state index contributed by atoms with van der Waals surface area (Å²) in [6, 6.07) is 15.1. The van der Waals surface area contributed by atoms with Crippen LogP contribution in [0.3, 0.4) is 0 Å². The second-order valence-corrected chi connectivity index (χ2v) is 13.4. The zero-order valence-electron chi connectivity index (χ0n) is 30.7. The molecule has 0 heterocycles. The molecule has 0 unspecified atom stereocenters. The first-order chi connectivity index (χ1) is 22.6. The van der Waals surface area contributed by atoms with Gasteiger partial charge in [-0.05, 0) is 93.3 Å². The molecule has 0 bridgehead atoms. The van der Waals surface area contributed by atoms with Crippen molar-refractivity contribution in [2.75, 3.05) is 0 Å². The third-order valence-corrected chi connectivity index (χ3v) is 8.75. The van der Waals surface area contributed by atoms with Crippen molar-refractivity contribution in [3.05, 3.63) is 83.5 Å². The molecule has 3 heteroatoms. The molecule has 0 atom stereocenters. The van der Waals surface area contributed by atoms with E-state index in [2.05, 4.69) is 94.5 Å². The van der Waals surface area contributed by atoms with Crippen LogP contribution in [0, 0.1) is 13.8 Å². The van der Waals surface area contributed by atoms with Gasteiger partial charge < -0.3 is 0 Å². The molecule has 0 spiro atoms. The summed E-state index contributed by atoms with van der Waals surface area (Å²) in [7, 11) is 0. The van der Waals surface area contributed by atoms with Crippen molar-refractivity contribution in [3.8, 4) is 0 Å². The third-order valence-electron chi connectivity index (χ3n) is 8.75. The Bertz CT molecular complexity index is 1140. The van der Waals surface area contributed by atoms with Crippen molar-refractivity contribution < 1.29 is 16.5 Å². The Balaban J connectivity index is 0.0000110. The van der Waals surface area contributed by atoms with Gasteiger partial charge in [-0.1, -0.05) is 159 Å². The summed E-state index contributed by atoms with van der Waals surface area (Å²) in [6.45, 7) is 8.79. The van der Waals surface area contributed by atoms with Crippen LogP contribution >= 0.6 is 0 Å². The standard InChI is InChI=1S/C44H68N2.Ni/c1-5-7-9-11-13-14-15-16-17-18-19-20-21-22-23-24-26-28-33-42(38-45-43-36-39(3)35-40(4)37-43)46-44-34-30-29-32-41(44)31-27-25-12-10-8-6-2;/h10,12,28-30,32-38H,5-9,11,13-27,31H2,1-4H3;. The zero-order chi connectivity index (χ0) is 32.9. The van der Waals surface area contributed by atoms with Gasteiger partial charge in [-0.25, -0.2) is 4.99 Å². The molecule has 0 saturated carbocycles. The molecule has 47 heavy (non-hydrogen) atoms. The summed E-state index contributed by atoms with van der Waals surface area (Å²) in [4.78, 5) is 9.96. The Morgan fingerprint density at radius 1 is 0.574 bits per heavy atom. The van der Waals surface area contributed by atoms with E-state index in [1.807, 2.05) is 6.21 Å². The molecule has 0 radical (unpaired) electrons. The molecule has 0 aliphatic heterocycles. The van der Waals surface area contributed by atoms with Gasteiger partial charge in [-0.2, -0.15) is 0 Å². The number of hydrogen-bond donors (Lipinski definition) is 0. The van der Waals surface area contributed by atoms with Crippen LogP contribution in [0.5, 0.6) is 0 Å². The average Bonchev–Trinajstić information content (AvgIpc) is 3.04. The fourth-order valence-corrected chi connectivity index (χ4v) is 6.07. The first kappa shape index (κ1) is 42.8. The molecule has 0 aliphatic carbocycles. The van der Waals surface area contributed by atoms with Crippen LogP contribution in [0.15, 0.2) is 76.8 Å². The van der Waals surface area contributed by atoms with Crippen LogP contribution in [-0.4, -0.2) is 11.9 Å². The van der Waals surface area contributed by atoms with Crippen molar-refractivity contribution in [2.24, 2.45) is 9.98 Å². The third kappa shape index (κ3) is 22.9. The normalized spacial score (nSPS) is 12.1. The fourth-order valence-electron chi connectivity index (χ4n) is 6.07. The number of unbranched alkanes of at least 4 members (excludes halogenated alkanes) is 18. The monoisotopic (exact) mass is 682 g/mol. The Morgan fingerprint density at radius 3 is 1.70 bits per heavy atom. The second kappa shape index (κ2) is 29.9. The van der Waals surface area contributed by atoms with Gasteiger partial charge in [0.15, 0.2) is 0 Å². The molecular weight excluding hydrogens is 615 g/mol. The molecule has 0 aliphatic rings. The minimum Gasteiger partial charge on any atom is -0.255 e. The maximum absolute atomic E-state index is 5.12. The van der Waals surface area contributed by atoms with Crippen molar-refractivity contribution in [2.45, 2.75) is 169 Å². The van der Waals surface area contributed by atoms with Crippen LogP contribution in [0.4, 0.5) is 11.4 Å². The van der Waals surface area contributed by atoms with Crippen LogP contribution in [0.1, 0.15) is 165 Å². The number of nitrogens with zero attached hydrogens (tertiary/aromatic N) is 2. The van der Waals surface area contributed by atoms with E-state index in [1.165, 1.54) is 132 Å². The quantitative estimate of drug-likeness (QED) is 0.0388. The Morgan fingerprint density at radius 2 is 1.11 bits per heavy atom. The number of aryl methyl sites for hydroxylation is 3. The predicted octanol–water partition coefficient (Wildman–Crippen LogP) is 14.7. The van der Waals surface area contributed by atoms with Crippen molar-refractivity contribution in [1.29, 1.82) is 0 Å². The molecule has 2 aromatic rings. The van der Waals surface area contributed by atoms with Gasteiger partial charge in [0.25, 0.3) is 0 Å². The van der Waals surface area contributed by atoms with Gasteiger partial charge in [0, 0.05) is 16.5 Å². The van der Waals surface area contributed by atoms with E-state index in [-0.39, 0.29) is 16.5 Å². The number of para-hydroxylation sites is 1. The molecule has 2 rings (SSSR count). The Kier molecular flexibility index (Phi) is 27.2. The van der Waals surface area contributed by atoms with E-state index in [0.29, 0.717) is 0 Å². The fraction of sp³-hybridized carbons (Fsp3) is 0.591. The minimum absolute atomic E-state index is 0. The average molecular weight is 684 g/mol. The van der Waals surface area contributed by atoms with Crippen molar-refractivity contribution in [1.82, 2.24) is 0 Å². The number of rotatable bonds is 27. The van der Waals surface area contributed by atoms with E-state index in [4.69, 9.17) is 9.98 Å². The number of benzene rings is 2. The molecular formula is C44H68N2Ni. The molecule has 0 N–H and O–H groups in total. The minimum atomic E-state index is 0. The van der Waals surface area contributed by atoms with Gasteiger partial charge >= 0.3 is 0 Å². The van der Waals surface area contributed by atoms with Crippen molar-refractivity contribution >= 4 is 23.3 Å². The van der Waals surface area contributed by atoms with Crippen LogP contribution in [0.2, 0.25) is 0 Å². The molecule has 0 saturated heterocycles. The summed E-state index contributed by atoms with van der Waals surface area (Å²) in [5.74, 6) is 0.